The van der Waals surface area contributed by atoms with E-state index in [0.717, 1.165) is 0 Å². The van der Waals surface area contributed by atoms with Crippen LogP contribution in [-0.2, 0) is 11.3 Å². The molecule has 1 aromatic heterocycles. The summed E-state index contributed by atoms with van der Waals surface area (Å²) in [7, 11) is 0. The Morgan fingerprint density at radius 3 is 2.67 bits per heavy atom. The summed E-state index contributed by atoms with van der Waals surface area (Å²) in [5, 5.41) is 0. The van der Waals surface area contributed by atoms with Gasteiger partial charge in [0, 0.05) is 12.7 Å². The van der Waals surface area contributed by atoms with Crippen LogP contribution in [0.15, 0.2) is 15.5 Å². The molecule has 2 N–H and O–H groups in total. The van der Waals surface area contributed by atoms with Crippen LogP contribution in [0, 0.1) is 6.92 Å². The van der Waals surface area contributed by atoms with Gasteiger partial charge in [-0.25, -0.2) is 0 Å². The molecule has 1 rings (SSSR count). The number of hydrogen-bond acceptors (Lipinski definition) is 3. The van der Waals surface area contributed by atoms with Crippen molar-refractivity contribution in [3.05, 3.63) is 26.6 Å². The van der Waals surface area contributed by atoms with Gasteiger partial charge < -0.3 is 15.0 Å². The van der Waals surface area contributed by atoms with Crippen molar-refractivity contribution in [1.29, 1.82) is 0 Å². The minimum atomic E-state index is -4.36. The van der Waals surface area contributed by atoms with E-state index in [2.05, 4.69) is 20.7 Å². The molecule has 4 nitrogen and oxygen atoms in total. The summed E-state index contributed by atoms with van der Waals surface area (Å²) < 4.78 is 41.4. The van der Waals surface area contributed by atoms with Gasteiger partial charge in [0.25, 0.3) is 5.56 Å². The molecule has 0 aliphatic rings. The molecule has 102 valence electrons. The van der Waals surface area contributed by atoms with Gasteiger partial charge in [0.2, 0.25) is 0 Å². The molecule has 0 atom stereocenters. The Labute approximate surface area is 110 Å². The molecule has 1 aromatic rings. The second kappa shape index (κ2) is 5.75. The first kappa shape index (κ1) is 15.0. The molecule has 0 aliphatic heterocycles. The monoisotopic (exact) mass is 328 g/mol. The zero-order chi connectivity index (χ0) is 13.9. The lowest BCUT2D eigenvalue weighted by Gasteiger charge is -2.11. The fourth-order valence-electron chi connectivity index (χ4n) is 1.25. The Morgan fingerprint density at radius 1 is 1.50 bits per heavy atom. The number of ether oxygens (including phenoxy) is 1. The minimum absolute atomic E-state index is 0.0119. The van der Waals surface area contributed by atoms with Crippen LogP contribution in [-0.4, -0.2) is 24.0 Å². The molecule has 0 aliphatic carbocycles. The summed E-state index contributed by atoms with van der Waals surface area (Å²) in [6.45, 7) is 0.141. The van der Waals surface area contributed by atoms with Gasteiger partial charge in [-0.1, -0.05) is 0 Å². The second-order valence-electron chi connectivity index (χ2n) is 3.69. The van der Waals surface area contributed by atoms with E-state index in [-0.39, 0.29) is 18.7 Å². The van der Waals surface area contributed by atoms with Crippen molar-refractivity contribution in [2.24, 2.45) is 0 Å². The van der Waals surface area contributed by atoms with Crippen molar-refractivity contribution in [2.75, 3.05) is 18.9 Å². The number of hydrogen-bond donors (Lipinski definition) is 1. The third kappa shape index (κ3) is 4.02. The number of rotatable bonds is 4. The molecule has 0 saturated carbocycles. The summed E-state index contributed by atoms with van der Waals surface area (Å²) in [6.07, 6.45) is -2.97. The molecule has 18 heavy (non-hydrogen) atoms. The molecule has 0 fully saturated rings. The zero-order valence-corrected chi connectivity index (χ0v) is 11.1. The van der Waals surface area contributed by atoms with Gasteiger partial charge in [-0.15, -0.1) is 0 Å². The number of anilines is 1. The van der Waals surface area contributed by atoms with Gasteiger partial charge in [-0.05, 0) is 28.4 Å². The highest BCUT2D eigenvalue weighted by atomic mass is 79.9. The van der Waals surface area contributed by atoms with Gasteiger partial charge >= 0.3 is 6.18 Å². The van der Waals surface area contributed by atoms with Crippen LogP contribution in [0.25, 0.3) is 0 Å². The van der Waals surface area contributed by atoms with Gasteiger partial charge in [0.1, 0.15) is 6.61 Å². The molecule has 0 amide bonds. The maximum absolute atomic E-state index is 11.8. The van der Waals surface area contributed by atoms with Crippen molar-refractivity contribution in [2.45, 2.75) is 19.6 Å². The van der Waals surface area contributed by atoms with Gasteiger partial charge in [-0.2, -0.15) is 13.2 Å². The van der Waals surface area contributed by atoms with Crippen LogP contribution >= 0.6 is 15.9 Å². The molecule has 0 bridgehead atoms. The van der Waals surface area contributed by atoms with Crippen LogP contribution in [0.4, 0.5) is 18.9 Å². The van der Waals surface area contributed by atoms with E-state index in [1.165, 1.54) is 10.8 Å². The molecule has 0 saturated heterocycles. The van der Waals surface area contributed by atoms with E-state index in [0.29, 0.717) is 15.7 Å². The number of aromatic nitrogens is 1. The van der Waals surface area contributed by atoms with Crippen molar-refractivity contribution < 1.29 is 17.9 Å². The van der Waals surface area contributed by atoms with E-state index < -0.39 is 12.8 Å². The number of halogens is 4. The van der Waals surface area contributed by atoms with Gasteiger partial charge in [0.05, 0.1) is 16.8 Å². The average Bonchev–Trinajstić information content (AvgIpc) is 2.26. The number of nitrogens with zero attached hydrogens (tertiary/aromatic N) is 1. The number of nitrogen functional groups attached to an aromatic ring is 1. The van der Waals surface area contributed by atoms with E-state index in [1.807, 2.05) is 0 Å². The smallest absolute Gasteiger partial charge is 0.397 e. The highest BCUT2D eigenvalue weighted by Gasteiger charge is 2.27. The van der Waals surface area contributed by atoms with Crippen LogP contribution in [0.2, 0.25) is 0 Å². The summed E-state index contributed by atoms with van der Waals surface area (Å²) in [4.78, 5) is 11.7. The standard InChI is InChI=1S/C10H12BrF3N2O2/c1-6-7(15)4-16(9(17)8(6)11)2-3-18-5-10(12,13)14/h4H,2-3,5,15H2,1H3. The lowest BCUT2D eigenvalue weighted by molar-refractivity contribution is -0.174. The maximum atomic E-state index is 11.8. The third-order valence-corrected chi connectivity index (χ3v) is 3.18. The summed E-state index contributed by atoms with van der Waals surface area (Å²) >= 11 is 3.09. The first-order valence-corrected chi connectivity index (χ1v) is 5.81. The Balaban J connectivity index is 2.67. The van der Waals surface area contributed by atoms with Crippen molar-refractivity contribution in [3.8, 4) is 0 Å². The molecular weight excluding hydrogens is 317 g/mol. The van der Waals surface area contributed by atoms with Crippen LogP contribution in [0.3, 0.4) is 0 Å². The Morgan fingerprint density at radius 2 is 2.11 bits per heavy atom. The minimum Gasteiger partial charge on any atom is -0.397 e. The normalized spacial score (nSPS) is 11.8. The number of nitrogens with two attached hydrogens (primary N) is 1. The van der Waals surface area contributed by atoms with E-state index >= 15 is 0 Å². The predicted octanol–water partition coefficient (Wildman–Crippen LogP) is 2.08. The summed E-state index contributed by atoms with van der Waals surface area (Å²) in [6, 6.07) is 0. The second-order valence-corrected chi connectivity index (χ2v) is 4.48. The zero-order valence-electron chi connectivity index (χ0n) is 9.55. The van der Waals surface area contributed by atoms with Crippen molar-refractivity contribution in [3.63, 3.8) is 0 Å². The first-order chi connectivity index (χ1) is 8.22. The maximum Gasteiger partial charge on any atom is 0.411 e. The van der Waals surface area contributed by atoms with E-state index in [1.54, 1.807) is 6.92 Å². The summed E-state index contributed by atoms with van der Waals surface area (Å²) in [5.74, 6) is 0. The number of pyridine rings is 1. The lowest BCUT2D eigenvalue weighted by atomic mass is 10.2. The molecular formula is C10H12BrF3N2O2. The third-order valence-electron chi connectivity index (χ3n) is 2.25. The largest absolute Gasteiger partial charge is 0.411 e. The quantitative estimate of drug-likeness (QED) is 0.861. The van der Waals surface area contributed by atoms with Crippen LogP contribution in [0.1, 0.15) is 5.56 Å². The molecule has 0 aromatic carbocycles. The first-order valence-electron chi connectivity index (χ1n) is 5.02. The molecule has 0 spiro atoms. The SMILES string of the molecule is Cc1c(N)cn(CCOCC(F)(F)F)c(=O)c1Br. The lowest BCUT2D eigenvalue weighted by Crippen LogP contribution is -2.25. The Hall–Kier alpha value is -1.02. The Bertz CT molecular complexity index is 485. The van der Waals surface area contributed by atoms with E-state index in [4.69, 9.17) is 5.73 Å². The molecule has 0 unspecified atom stereocenters. The Kier molecular flexibility index (Phi) is 4.80. The highest BCUT2D eigenvalue weighted by molar-refractivity contribution is 9.10. The fourth-order valence-corrected chi connectivity index (χ4v) is 1.71. The number of alkyl halides is 3. The van der Waals surface area contributed by atoms with E-state index in [9.17, 15) is 18.0 Å². The molecule has 1 heterocycles. The fraction of sp³-hybridized carbons (Fsp3) is 0.500. The van der Waals surface area contributed by atoms with Crippen molar-refractivity contribution >= 4 is 21.6 Å². The van der Waals surface area contributed by atoms with Crippen LogP contribution < -0.4 is 11.3 Å². The van der Waals surface area contributed by atoms with Crippen LogP contribution in [0.5, 0.6) is 0 Å². The topological polar surface area (TPSA) is 57.2 Å². The van der Waals surface area contributed by atoms with Crippen molar-refractivity contribution in [1.82, 2.24) is 4.57 Å². The van der Waals surface area contributed by atoms with Gasteiger partial charge in [-0.3, -0.25) is 4.79 Å². The summed E-state index contributed by atoms with van der Waals surface area (Å²) in [5.41, 5.74) is 6.29. The van der Waals surface area contributed by atoms with Gasteiger partial charge in [0.15, 0.2) is 0 Å². The molecule has 0 radical (unpaired) electrons. The highest BCUT2D eigenvalue weighted by Crippen LogP contribution is 2.17. The average molecular weight is 329 g/mol. The molecule has 8 heteroatoms. The predicted molar refractivity (Wildman–Crippen MR) is 64.4 cm³/mol.